The first kappa shape index (κ1) is 27.7. The van der Waals surface area contributed by atoms with Crippen LogP contribution >= 0.6 is 34.7 Å². The van der Waals surface area contributed by atoms with Gasteiger partial charge in [-0.1, -0.05) is 52.9 Å². The number of anilines is 2. The van der Waals surface area contributed by atoms with Crippen LogP contribution in [-0.4, -0.2) is 45.6 Å². The van der Waals surface area contributed by atoms with Crippen LogP contribution in [0, 0.1) is 10.1 Å². The SMILES string of the molecule is COc1ccc(NC(=O)CSc2nnc(NC(=O)c3ccccc3C(=O)c3ccc(Cl)c([N+](=O)[O-])c3)s2)cc1. The number of methoxy groups -OCH3 is 1. The summed E-state index contributed by atoms with van der Waals surface area (Å²) in [6.07, 6.45) is 0. The maximum Gasteiger partial charge on any atom is 0.288 e. The molecule has 0 fully saturated rings. The first-order valence-electron chi connectivity index (χ1n) is 11.0. The number of amides is 2. The van der Waals surface area contributed by atoms with Gasteiger partial charge in [-0.05, 0) is 42.5 Å². The lowest BCUT2D eigenvalue weighted by molar-refractivity contribution is -0.384. The first-order valence-corrected chi connectivity index (χ1v) is 13.2. The van der Waals surface area contributed by atoms with Crippen molar-refractivity contribution in [3.63, 3.8) is 0 Å². The maximum atomic E-state index is 13.1. The van der Waals surface area contributed by atoms with Crippen molar-refractivity contribution in [2.75, 3.05) is 23.5 Å². The van der Waals surface area contributed by atoms with E-state index in [9.17, 15) is 24.5 Å². The van der Waals surface area contributed by atoms with Gasteiger partial charge in [-0.25, -0.2) is 0 Å². The standard InChI is InChI=1S/C25H18ClN5O6S2/c1-37-16-9-7-15(8-10-16)27-21(32)13-38-25-30-29-24(39-25)28-23(34)18-5-3-2-4-17(18)22(33)14-6-11-19(26)20(12-14)31(35)36/h2-12H,13H2,1H3,(H,27,32)(H,28,29,34). The van der Waals surface area contributed by atoms with Crippen molar-refractivity contribution < 1.29 is 24.0 Å². The van der Waals surface area contributed by atoms with E-state index in [0.717, 1.165) is 29.2 Å². The van der Waals surface area contributed by atoms with Crippen LogP contribution in [0.25, 0.3) is 0 Å². The van der Waals surface area contributed by atoms with Crippen LogP contribution < -0.4 is 15.4 Å². The number of ether oxygens (including phenoxy) is 1. The minimum atomic E-state index is -0.689. The molecule has 2 N–H and O–H groups in total. The molecule has 0 radical (unpaired) electrons. The zero-order chi connectivity index (χ0) is 27.9. The topological polar surface area (TPSA) is 153 Å². The minimum absolute atomic E-state index is 0.00821. The Hall–Kier alpha value is -4.33. The van der Waals surface area contributed by atoms with Gasteiger partial charge in [0.25, 0.3) is 11.6 Å². The number of nitro groups is 1. The molecule has 1 aromatic heterocycles. The van der Waals surface area contributed by atoms with Crippen molar-refractivity contribution >= 4 is 68.8 Å². The number of nitro benzene ring substituents is 1. The van der Waals surface area contributed by atoms with E-state index < -0.39 is 22.3 Å². The molecule has 198 valence electrons. The smallest absolute Gasteiger partial charge is 0.288 e. The number of carbonyl (C=O) groups excluding carboxylic acids is 3. The number of thioether (sulfide) groups is 1. The molecule has 14 heteroatoms. The summed E-state index contributed by atoms with van der Waals surface area (Å²) in [5, 5.41) is 24.5. The minimum Gasteiger partial charge on any atom is -0.497 e. The van der Waals surface area contributed by atoms with Crippen molar-refractivity contribution in [2.45, 2.75) is 4.34 Å². The quantitative estimate of drug-likeness (QED) is 0.0829. The number of benzene rings is 3. The summed E-state index contributed by atoms with van der Waals surface area (Å²) in [6, 6.07) is 16.6. The van der Waals surface area contributed by atoms with Crippen molar-refractivity contribution in [2.24, 2.45) is 0 Å². The molecule has 4 rings (SSSR count). The summed E-state index contributed by atoms with van der Waals surface area (Å²) in [5.41, 5.74) is 0.298. The highest BCUT2D eigenvalue weighted by Crippen LogP contribution is 2.28. The molecule has 2 amide bonds. The Morgan fingerprint density at radius 2 is 1.74 bits per heavy atom. The Labute approximate surface area is 234 Å². The highest BCUT2D eigenvalue weighted by atomic mass is 35.5. The molecule has 0 aliphatic rings. The third kappa shape index (κ3) is 6.96. The Morgan fingerprint density at radius 3 is 2.44 bits per heavy atom. The Morgan fingerprint density at radius 1 is 1.03 bits per heavy atom. The maximum absolute atomic E-state index is 13.1. The van der Waals surface area contributed by atoms with Crippen molar-refractivity contribution in [3.05, 3.63) is 98.6 Å². The largest absolute Gasteiger partial charge is 0.497 e. The van der Waals surface area contributed by atoms with Crippen LogP contribution in [0.1, 0.15) is 26.3 Å². The molecular formula is C25H18ClN5O6S2. The lowest BCUT2D eigenvalue weighted by Gasteiger charge is -2.08. The number of aromatic nitrogens is 2. The highest BCUT2D eigenvalue weighted by molar-refractivity contribution is 8.01. The fraction of sp³-hybridized carbons (Fsp3) is 0.0800. The van der Waals surface area contributed by atoms with Gasteiger partial charge in [-0.2, -0.15) is 0 Å². The summed E-state index contributed by atoms with van der Waals surface area (Å²) < 4.78 is 5.54. The second-order valence-electron chi connectivity index (χ2n) is 7.69. The van der Waals surface area contributed by atoms with Gasteiger partial charge in [0.1, 0.15) is 10.8 Å². The average Bonchev–Trinajstić information content (AvgIpc) is 3.39. The number of hydrogen-bond acceptors (Lipinski definition) is 10. The molecular weight excluding hydrogens is 566 g/mol. The number of carbonyl (C=O) groups is 3. The normalized spacial score (nSPS) is 10.5. The number of hydrogen-bond donors (Lipinski definition) is 2. The predicted octanol–water partition coefficient (Wildman–Crippen LogP) is 5.32. The summed E-state index contributed by atoms with van der Waals surface area (Å²) in [5.74, 6) is -0.712. The van der Waals surface area contributed by atoms with Gasteiger partial charge in [0.15, 0.2) is 10.1 Å². The molecule has 0 bridgehead atoms. The fourth-order valence-corrected chi connectivity index (χ4v) is 5.04. The summed E-state index contributed by atoms with van der Waals surface area (Å²) in [6.45, 7) is 0. The van der Waals surface area contributed by atoms with Gasteiger partial charge in [0, 0.05) is 22.9 Å². The van der Waals surface area contributed by atoms with Gasteiger partial charge >= 0.3 is 0 Å². The molecule has 1 heterocycles. The molecule has 39 heavy (non-hydrogen) atoms. The zero-order valence-corrected chi connectivity index (χ0v) is 22.4. The predicted molar refractivity (Wildman–Crippen MR) is 148 cm³/mol. The summed E-state index contributed by atoms with van der Waals surface area (Å²) in [4.78, 5) is 48.9. The monoisotopic (exact) mass is 583 g/mol. The molecule has 0 saturated carbocycles. The van der Waals surface area contributed by atoms with Crippen molar-refractivity contribution in [3.8, 4) is 5.75 Å². The van der Waals surface area contributed by atoms with Crippen LogP contribution in [-0.2, 0) is 4.79 Å². The van der Waals surface area contributed by atoms with E-state index in [1.165, 1.54) is 24.3 Å². The van der Waals surface area contributed by atoms with Gasteiger partial charge in [0.2, 0.25) is 11.0 Å². The van der Waals surface area contributed by atoms with Crippen LogP contribution in [0.4, 0.5) is 16.5 Å². The average molecular weight is 584 g/mol. The van der Waals surface area contributed by atoms with E-state index in [4.69, 9.17) is 16.3 Å². The van der Waals surface area contributed by atoms with Gasteiger partial charge < -0.3 is 10.1 Å². The highest BCUT2D eigenvalue weighted by Gasteiger charge is 2.22. The first-order chi connectivity index (χ1) is 18.7. The number of nitrogens with zero attached hydrogens (tertiary/aromatic N) is 3. The Balaban J connectivity index is 1.40. The van der Waals surface area contributed by atoms with E-state index in [1.54, 1.807) is 43.5 Å². The molecule has 0 aliphatic carbocycles. The van der Waals surface area contributed by atoms with Crippen LogP contribution in [0.5, 0.6) is 5.75 Å². The van der Waals surface area contributed by atoms with Crippen LogP contribution in [0.3, 0.4) is 0 Å². The van der Waals surface area contributed by atoms with E-state index in [1.807, 2.05) is 0 Å². The number of ketones is 1. The second-order valence-corrected chi connectivity index (χ2v) is 10.3. The molecule has 0 aliphatic heterocycles. The zero-order valence-electron chi connectivity index (χ0n) is 20.0. The number of halogens is 1. The summed E-state index contributed by atoms with van der Waals surface area (Å²) in [7, 11) is 1.55. The van der Waals surface area contributed by atoms with Gasteiger partial charge in [-0.15, -0.1) is 10.2 Å². The molecule has 0 atom stereocenters. The number of nitrogens with one attached hydrogen (secondary N) is 2. The Kier molecular flexibility index (Phi) is 8.86. The lowest BCUT2D eigenvalue weighted by atomic mass is 9.97. The van der Waals surface area contributed by atoms with E-state index in [-0.39, 0.29) is 38.5 Å². The van der Waals surface area contributed by atoms with Crippen molar-refractivity contribution in [1.29, 1.82) is 0 Å². The van der Waals surface area contributed by atoms with E-state index >= 15 is 0 Å². The van der Waals surface area contributed by atoms with Crippen LogP contribution in [0.2, 0.25) is 5.02 Å². The van der Waals surface area contributed by atoms with Crippen molar-refractivity contribution in [1.82, 2.24) is 10.2 Å². The third-order valence-corrected chi connectivity index (χ3v) is 7.44. The summed E-state index contributed by atoms with van der Waals surface area (Å²) >= 11 is 8.06. The molecule has 0 saturated heterocycles. The Bertz CT molecular complexity index is 1560. The lowest BCUT2D eigenvalue weighted by Crippen LogP contribution is -2.17. The molecule has 0 unspecified atom stereocenters. The number of rotatable bonds is 10. The van der Waals surface area contributed by atoms with E-state index in [0.29, 0.717) is 15.8 Å². The molecule has 11 nitrogen and oxygen atoms in total. The fourth-order valence-electron chi connectivity index (χ4n) is 3.31. The molecule has 3 aromatic carbocycles. The third-order valence-electron chi connectivity index (χ3n) is 5.15. The van der Waals surface area contributed by atoms with Gasteiger partial charge in [0.05, 0.1) is 23.3 Å². The molecule has 0 spiro atoms. The van der Waals surface area contributed by atoms with Gasteiger partial charge in [-0.3, -0.25) is 29.8 Å². The molecule has 4 aromatic rings. The van der Waals surface area contributed by atoms with Crippen LogP contribution in [0.15, 0.2) is 71.1 Å². The van der Waals surface area contributed by atoms with E-state index in [2.05, 4.69) is 20.8 Å². The second kappa shape index (κ2) is 12.5.